The van der Waals surface area contributed by atoms with Crippen molar-refractivity contribution >= 4 is 0 Å². The number of aliphatic hydroxyl groups is 1. The number of rotatable bonds is 6. The lowest BCUT2D eigenvalue weighted by Gasteiger charge is -2.65. The molecule has 1 saturated heterocycles. The second-order valence-electron chi connectivity index (χ2n) is 14.5. The van der Waals surface area contributed by atoms with Gasteiger partial charge in [-0.3, -0.25) is 0 Å². The van der Waals surface area contributed by atoms with Crippen LogP contribution in [0.15, 0.2) is 23.8 Å². The summed E-state index contributed by atoms with van der Waals surface area (Å²) in [6.07, 6.45) is 15.7. The van der Waals surface area contributed by atoms with Gasteiger partial charge in [-0.25, -0.2) is 0 Å². The van der Waals surface area contributed by atoms with Gasteiger partial charge in [0.05, 0.1) is 24.4 Å². The molecule has 2 bridgehead atoms. The summed E-state index contributed by atoms with van der Waals surface area (Å²) >= 11 is 0. The predicted octanol–water partition coefficient (Wildman–Crippen LogP) is 7.34. The third-order valence-corrected chi connectivity index (χ3v) is 12.6. The van der Waals surface area contributed by atoms with Crippen LogP contribution >= 0.6 is 0 Å². The van der Waals surface area contributed by atoms with Crippen LogP contribution in [0.4, 0.5) is 0 Å². The lowest BCUT2D eigenvalue weighted by Crippen LogP contribution is -2.64. The fourth-order valence-corrected chi connectivity index (χ4v) is 10.5. The highest BCUT2D eigenvalue weighted by Gasteiger charge is 2.75. The second-order valence-corrected chi connectivity index (χ2v) is 14.5. The Kier molecular flexibility index (Phi) is 6.26. The molecule has 0 aromatic heterocycles. The Labute approximate surface area is 215 Å². The van der Waals surface area contributed by atoms with Crippen LogP contribution in [0.2, 0.25) is 0 Å². The Hall–Kier alpha value is -0.640. The summed E-state index contributed by atoms with van der Waals surface area (Å²) in [5, 5.41) is 11.0. The van der Waals surface area contributed by atoms with Gasteiger partial charge in [-0.05, 0) is 94.3 Å². The summed E-state index contributed by atoms with van der Waals surface area (Å²) in [5.41, 5.74) is 1.74. The molecular weight excluding hydrogens is 432 g/mol. The quantitative estimate of drug-likeness (QED) is 0.401. The first kappa shape index (κ1) is 26.0. The van der Waals surface area contributed by atoms with Crippen LogP contribution in [-0.2, 0) is 9.47 Å². The highest BCUT2D eigenvalue weighted by Crippen LogP contribution is 2.77. The van der Waals surface area contributed by atoms with E-state index in [2.05, 4.69) is 73.6 Å². The first-order valence-corrected chi connectivity index (χ1v) is 14.7. The van der Waals surface area contributed by atoms with Gasteiger partial charge in [0, 0.05) is 23.4 Å². The first-order valence-electron chi connectivity index (χ1n) is 14.7. The van der Waals surface area contributed by atoms with E-state index in [-0.39, 0.29) is 28.6 Å². The predicted molar refractivity (Wildman–Crippen MR) is 143 cm³/mol. The average molecular weight is 485 g/mol. The van der Waals surface area contributed by atoms with Crippen molar-refractivity contribution < 1.29 is 14.6 Å². The van der Waals surface area contributed by atoms with E-state index in [1.54, 1.807) is 0 Å². The zero-order valence-electron chi connectivity index (χ0n) is 23.8. The molecule has 198 valence electrons. The summed E-state index contributed by atoms with van der Waals surface area (Å²) in [6.45, 7) is 20.4. The molecule has 1 N–H and O–H groups in total. The van der Waals surface area contributed by atoms with Crippen LogP contribution in [0.5, 0.6) is 0 Å². The van der Waals surface area contributed by atoms with E-state index in [1.807, 2.05) is 0 Å². The molecule has 4 fully saturated rings. The van der Waals surface area contributed by atoms with Crippen LogP contribution in [0.3, 0.4) is 0 Å². The summed E-state index contributed by atoms with van der Waals surface area (Å²) in [5.74, 6) is 2.52. The Balaban J connectivity index is 1.45. The van der Waals surface area contributed by atoms with E-state index >= 15 is 0 Å². The first-order chi connectivity index (χ1) is 16.4. The van der Waals surface area contributed by atoms with Crippen LogP contribution < -0.4 is 0 Å². The molecule has 3 heteroatoms. The van der Waals surface area contributed by atoms with E-state index in [4.69, 9.17) is 9.47 Å². The molecule has 1 spiro atoms. The van der Waals surface area contributed by atoms with E-state index in [0.29, 0.717) is 28.6 Å². The Morgan fingerprint density at radius 2 is 1.83 bits per heavy atom. The zero-order valence-corrected chi connectivity index (χ0v) is 23.8. The van der Waals surface area contributed by atoms with Gasteiger partial charge in [-0.2, -0.15) is 0 Å². The van der Waals surface area contributed by atoms with Gasteiger partial charge in [0.2, 0.25) is 0 Å². The molecule has 0 amide bonds. The average Bonchev–Trinajstić information content (AvgIpc) is 3.17. The maximum atomic E-state index is 11.0. The Morgan fingerprint density at radius 1 is 1.09 bits per heavy atom. The number of ether oxygens (including phenoxy) is 2. The van der Waals surface area contributed by atoms with Crippen molar-refractivity contribution in [2.45, 2.75) is 118 Å². The third kappa shape index (κ3) is 3.32. The van der Waals surface area contributed by atoms with Crippen molar-refractivity contribution in [1.29, 1.82) is 0 Å². The van der Waals surface area contributed by atoms with Crippen molar-refractivity contribution in [3.8, 4) is 0 Å². The van der Waals surface area contributed by atoms with Crippen molar-refractivity contribution in [2.75, 3.05) is 13.2 Å². The van der Waals surface area contributed by atoms with Gasteiger partial charge in [0.15, 0.2) is 0 Å². The zero-order chi connectivity index (χ0) is 25.4. The maximum absolute atomic E-state index is 11.0. The molecule has 1 heterocycles. The summed E-state index contributed by atoms with van der Waals surface area (Å²) in [4.78, 5) is 0. The van der Waals surface area contributed by atoms with Gasteiger partial charge < -0.3 is 14.6 Å². The largest absolute Gasteiger partial charge is 0.392 e. The maximum Gasteiger partial charge on any atom is 0.0972 e. The van der Waals surface area contributed by atoms with Crippen LogP contribution in [0.1, 0.15) is 100 Å². The van der Waals surface area contributed by atoms with Crippen LogP contribution in [0, 0.1) is 45.3 Å². The number of allylic oxidation sites excluding steroid dienone is 2. The van der Waals surface area contributed by atoms with E-state index in [0.717, 1.165) is 38.4 Å². The van der Waals surface area contributed by atoms with E-state index in [1.165, 1.54) is 31.3 Å². The Bertz CT molecular complexity index is 885. The summed E-state index contributed by atoms with van der Waals surface area (Å²) < 4.78 is 13.0. The molecule has 3 saturated carbocycles. The molecule has 5 rings (SSSR count). The van der Waals surface area contributed by atoms with E-state index in [9.17, 15) is 5.11 Å². The normalized spacial score (nSPS) is 49.1. The third-order valence-electron chi connectivity index (χ3n) is 12.6. The molecular formula is C32H52O3. The molecule has 1 aliphatic heterocycles. The van der Waals surface area contributed by atoms with Gasteiger partial charge in [0.1, 0.15) is 0 Å². The molecule has 0 radical (unpaired) electrons. The number of aliphatic hydroxyl groups excluding tert-OH is 1. The molecule has 2 unspecified atom stereocenters. The molecule has 3 nitrogen and oxygen atoms in total. The summed E-state index contributed by atoms with van der Waals surface area (Å²) in [7, 11) is 0. The van der Waals surface area contributed by atoms with Crippen molar-refractivity contribution in [1.82, 2.24) is 0 Å². The molecule has 35 heavy (non-hydrogen) atoms. The van der Waals surface area contributed by atoms with Crippen LogP contribution in [0.25, 0.3) is 0 Å². The fraction of sp³-hybridized carbons (Fsp3) is 0.875. The molecule has 4 aliphatic carbocycles. The number of fused-ring (bicyclic) bond motifs is 2. The lowest BCUT2D eigenvalue weighted by molar-refractivity contribution is -0.169. The highest BCUT2D eigenvalue weighted by molar-refractivity contribution is 5.33. The standard InChI is InChI=1S/C32H52O3/c1-9-34-23(18-21(2)3)19-22(4)24-12-14-30(8)25-13-15-32-26(10-11-27(33)28(32,5)6)31(25,20-35-32)17-16-29(24,30)7/h13,15,18,22-27,33H,9-12,14,16-17,19-20H2,1-8H3/t22-,23-,24-,25?,26?,27+,29-,30+,31+,32-/m1/s1. The minimum atomic E-state index is -0.286. The van der Waals surface area contributed by atoms with Crippen molar-refractivity contribution in [3.05, 3.63) is 23.8 Å². The van der Waals surface area contributed by atoms with Gasteiger partial charge in [-0.1, -0.05) is 58.4 Å². The SMILES string of the molecule is CCO[C@H](C=C(C)C)C[C@@H](C)[C@H]1CC[C@@]2(C)C3C=C[C@@]45OC[C@]3(CC[C@]12C)C4CC[C@H](O)C5(C)C. The molecule has 0 aromatic rings. The molecule has 0 aromatic carbocycles. The van der Waals surface area contributed by atoms with Crippen molar-refractivity contribution in [2.24, 2.45) is 45.3 Å². The number of hydrogen-bond acceptors (Lipinski definition) is 3. The smallest absolute Gasteiger partial charge is 0.0972 e. The van der Waals surface area contributed by atoms with Crippen LogP contribution in [-0.4, -0.2) is 36.1 Å². The summed E-state index contributed by atoms with van der Waals surface area (Å²) in [6, 6.07) is 0. The second kappa shape index (κ2) is 8.43. The molecule has 5 aliphatic rings. The monoisotopic (exact) mass is 484 g/mol. The minimum Gasteiger partial charge on any atom is -0.392 e. The fourth-order valence-electron chi connectivity index (χ4n) is 10.5. The van der Waals surface area contributed by atoms with E-state index < -0.39 is 0 Å². The Morgan fingerprint density at radius 3 is 2.51 bits per heavy atom. The number of hydrogen-bond donors (Lipinski definition) is 1. The van der Waals surface area contributed by atoms with Gasteiger partial charge >= 0.3 is 0 Å². The van der Waals surface area contributed by atoms with Gasteiger partial charge in [-0.15, -0.1) is 0 Å². The minimum absolute atomic E-state index is 0.228. The van der Waals surface area contributed by atoms with Crippen molar-refractivity contribution in [3.63, 3.8) is 0 Å². The highest BCUT2D eigenvalue weighted by atomic mass is 16.5. The lowest BCUT2D eigenvalue weighted by atomic mass is 9.38. The molecule has 10 atom stereocenters. The van der Waals surface area contributed by atoms with Gasteiger partial charge in [0.25, 0.3) is 0 Å². The topological polar surface area (TPSA) is 38.7 Å².